The number of nitrogens with zero attached hydrogens (tertiary/aromatic N) is 2. The van der Waals surface area contributed by atoms with Crippen molar-refractivity contribution < 1.29 is 4.74 Å². The predicted molar refractivity (Wildman–Crippen MR) is 82.4 cm³/mol. The average molecular weight is 283 g/mol. The molecule has 0 amide bonds. The second-order valence-corrected chi connectivity index (χ2v) is 5.32. The third kappa shape index (κ3) is 3.39. The van der Waals surface area contributed by atoms with E-state index in [1.165, 1.54) is 11.1 Å². The van der Waals surface area contributed by atoms with Crippen LogP contribution in [-0.4, -0.2) is 23.1 Å². The smallest absolute Gasteiger partial charge is 0.122 e. The van der Waals surface area contributed by atoms with Crippen molar-refractivity contribution in [3.63, 3.8) is 0 Å². The maximum absolute atomic E-state index is 5.56. The van der Waals surface area contributed by atoms with Crippen LogP contribution in [0.15, 0.2) is 36.8 Å². The molecule has 0 fully saturated rings. The molecule has 4 heteroatoms. The van der Waals surface area contributed by atoms with Crippen LogP contribution in [0.4, 0.5) is 0 Å². The molecule has 4 nitrogen and oxygen atoms in total. The van der Waals surface area contributed by atoms with E-state index in [1.54, 1.807) is 12.5 Å². The lowest BCUT2D eigenvalue weighted by Crippen LogP contribution is -2.22. The first-order valence-electron chi connectivity index (χ1n) is 7.60. The van der Waals surface area contributed by atoms with Crippen LogP contribution in [0.2, 0.25) is 0 Å². The van der Waals surface area contributed by atoms with E-state index in [-0.39, 0.29) is 6.04 Å². The summed E-state index contributed by atoms with van der Waals surface area (Å²) in [6.45, 7) is 3.88. The van der Waals surface area contributed by atoms with Crippen LogP contribution in [0.1, 0.15) is 36.2 Å². The van der Waals surface area contributed by atoms with Gasteiger partial charge in [-0.1, -0.05) is 19.1 Å². The van der Waals surface area contributed by atoms with Crippen molar-refractivity contribution in [2.24, 2.45) is 0 Å². The molecule has 21 heavy (non-hydrogen) atoms. The largest absolute Gasteiger partial charge is 0.493 e. The Morgan fingerprint density at radius 1 is 1.33 bits per heavy atom. The van der Waals surface area contributed by atoms with Crippen LogP contribution in [-0.2, 0) is 12.8 Å². The van der Waals surface area contributed by atoms with Gasteiger partial charge in [0.1, 0.15) is 12.1 Å². The molecule has 0 spiro atoms. The Labute approximate surface area is 125 Å². The van der Waals surface area contributed by atoms with Gasteiger partial charge >= 0.3 is 0 Å². The Morgan fingerprint density at radius 2 is 2.29 bits per heavy atom. The maximum atomic E-state index is 5.56. The Bertz CT molecular complexity index is 586. The Balaban J connectivity index is 1.67. The third-order valence-electron chi connectivity index (χ3n) is 3.89. The lowest BCUT2D eigenvalue weighted by Gasteiger charge is -2.17. The summed E-state index contributed by atoms with van der Waals surface area (Å²) in [5.74, 6) is 1.05. The number of benzene rings is 1. The number of aryl methyl sites for hydroxylation is 1. The van der Waals surface area contributed by atoms with Gasteiger partial charge in [0, 0.05) is 18.7 Å². The number of nitrogens with one attached hydrogen (secondary N) is 1. The molecule has 0 bridgehead atoms. The molecule has 0 aliphatic carbocycles. The van der Waals surface area contributed by atoms with Gasteiger partial charge in [0.05, 0.1) is 12.3 Å². The highest BCUT2D eigenvalue weighted by Gasteiger charge is 2.14. The van der Waals surface area contributed by atoms with Crippen LogP contribution in [0.5, 0.6) is 5.75 Å². The Morgan fingerprint density at radius 3 is 3.10 bits per heavy atom. The molecule has 1 aromatic carbocycles. The van der Waals surface area contributed by atoms with E-state index in [0.29, 0.717) is 0 Å². The Kier molecular flexibility index (Phi) is 4.46. The first-order chi connectivity index (χ1) is 10.4. The maximum Gasteiger partial charge on any atom is 0.122 e. The molecule has 2 aromatic rings. The molecule has 0 saturated carbocycles. The average Bonchev–Trinajstić information content (AvgIpc) is 3.00. The van der Waals surface area contributed by atoms with E-state index in [0.717, 1.165) is 43.9 Å². The molecule has 1 unspecified atom stereocenters. The minimum atomic E-state index is 0.280. The summed E-state index contributed by atoms with van der Waals surface area (Å²) in [6, 6.07) is 8.83. The number of ether oxygens (including phenoxy) is 1. The van der Waals surface area contributed by atoms with E-state index in [9.17, 15) is 0 Å². The van der Waals surface area contributed by atoms with Gasteiger partial charge < -0.3 is 10.1 Å². The number of hydrogen-bond acceptors (Lipinski definition) is 4. The fourth-order valence-corrected chi connectivity index (χ4v) is 2.81. The Hall–Kier alpha value is -1.94. The number of aromatic nitrogens is 2. The first kappa shape index (κ1) is 14.0. The molecule has 2 heterocycles. The molecule has 1 aliphatic heterocycles. The zero-order valence-corrected chi connectivity index (χ0v) is 12.4. The van der Waals surface area contributed by atoms with E-state index >= 15 is 0 Å². The van der Waals surface area contributed by atoms with Crippen LogP contribution in [0.3, 0.4) is 0 Å². The van der Waals surface area contributed by atoms with Gasteiger partial charge in [-0.2, -0.15) is 0 Å². The highest BCUT2D eigenvalue weighted by molar-refractivity contribution is 5.39. The first-order valence-corrected chi connectivity index (χ1v) is 7.60. The fourth-order valence-electron chi connectivity index (χ4n) is 2.81. The van der Waals surface area contributed by atoms with Crippen molar-refractivity contribution in [2.75, 3.05) is 13.2 Å². The zero-order valence-electron chi connectivity index (χ0n) is 12.4. The molecule has 1 N–H and O–H groups in total. The quantitative estimate of drug-likeness (QED) is 0.885. The summed E-state index contributed by atoms with van der Waals surface area (Å²) in [5, 5.41) is 3.51. The van der Waals surface area contributed by atoms with Gasteiger partial charge in [-0.05, 0) is 42.6 Å². The molecule has 1 aromatic heterocycles. The second-order valence-electron chi connectivity index (χ2n) is 5.32. The number of fused-ring (bicyclic) bond motifs is 1. The third-order valence-corrected chi connectivity index (χ3v) is 3.89. The lowest BCUT2D eigenvalue weighted by atomic mass is 10.0. The molecule has 0 radical (unpaired) electrons. The highest BCUT2D eigenvalue weighted by Crippen LogP contribution is 2.27. The van der Waals surface area contributed by atoms with Gasteiger partial charge in [0.15, 0.2) is 0 Å². The van der Waals surface area contributed by atoms with E-state index in [4.69, 9.17) is 4.74 Å². The SMILES string of the molecule is CCNC(CCc1ccc2c(c1)CCO2)c1ccncn1. The minimum Gasteiger partial charge on any atom is -0.493 e. The van der Waals surface area contributed by atoms with E-state index in [2.05, 4.69) is 40.4 Å². The summed E-state index contributed by atoms with van der Waals surface area (Å²) in [6.07, 6.45) is 6.52. The predicted octanol–water partition coefficient (Wildman–Crippen LogP) is 2.69. The molecule has 1 atom stereocenters. The van der Waals surface area contributed by atoms with Gasteiger partial charge in [-0.15, -0.1) is 0 Å². The topological polar surface area (TPSA) is 47.0 Å². The summed E-state index contributed by atoms with van der Waals surface area (Å²) >= 11 is 0. The van der Waals surface area contributed by atoms with Crippen LogP contribution in [0.25, 0.3) is 0 Å². The van der Waals surface area contributed by atoms with Gasteiger partial charge in [0.2, 0.25) is 0 Å². The summed E-state index contributed by atoms with van der Waals surface area (Å²) in [4.78, 5) is 8.37. The number of hydrogen-bond donors (Lipinski definition) is 1. The lowest BCUT2D eigenvalue weighted by molar-refractivity contribution is 0.357. The van der Waals surface area contributed by atoms with Gasteiger partial charge in [-0.25, -0.2) is 9.97 Å². The molecule has 110 valence electrons. The van der Waals surface area contributed by atoms with Gasteiger partial charge in [0.25, 0.3) is 0 Å². The summed E-state index contributed by atoms with van der Waals surface area (Å²) < 4.78 is 5.56. The van der Waals surface area contributed by atoms with Crippen molar-refractivity contribution in [3.8, 4) is 5.75 Å². The standard InChI is InChI=1S/C17H21N3O/c1-2-19-15(16-7-9-18-12-20-16)5-3-13-4-6-17-14(11-13)8-10-21-17/h4,6-7,9,11-12,15,19H,2-3,5,8,10H2,1H3. The molecular weight excluding hydrogens is 262 g/mol. The number of rotatable bonds is 6. The molecule has 1 aliphatic rings. The monoisotopic (exact) mass is 283 g/mol. The zero-order chi connectivity index (χ0) is 14.5. The minimum absolute atomic E-state index is 0.280. The summed E-state index contributed by atoms with van der Waals surface area (Å²) in [5.41, 5.74) is 3.78. The highest BCUT2D eigenvalue weighted by atomic mass is 16.5. The second kappa shape index (κ2) is 6.68. The van der Waals surface area contributed by atoms with Crippen molar-refractivity contribution in [1.82, 2.24) is 15.3 Å². The van der Waals surface area contributed by atoms with Crippen LogP contribution in [0, 0.1) is 0 Å². The van der Waals surface area contributed by atoms with Crippen LogP contribution < -0.4 is 10.1 Å². The molecule has 3 rings (SSSR count). The van der Waals surface area contributed by atoms with Crippen molar-refractivity contribution in [3.05, 3.63) is 53.6 Å². The van der Waals surface area contributed by atoms with Crippen molar-refractivity contribution in [1.29, 1.82) is 0 Å². The normalized spacial score (nSPS) is 14.5. The van der Waals surface area contributed by atoms with Crippen LogP contribution >= 0.6 is 0 Å². The summed E-state index contributed by atoms with van der Waals surface area (Å²) in [7, 11) is 0. The van der Waals surface area contributed by atoms with E-state index < -0.39 is 0 Å². The fraction of sp³-hybridized carbons (Fsp3) is 0.412. The van der Waals surface area contributed by atoms with E-state index in [1.807, 2.05) is 6.07 Å². The molecule has 0 saturated heterocycles. The molecular formula is C17H21N3O. The van der Waals surface area contributed by atoms with Crippen molar-refractivity contribution >= 4 is 0 Å². The van der Waals surface area contributed by atoms with Gasteiger partial charge in [-0.3, -0.25) is 0 Å². The van der Waals surface area contributed by atoms with Crippen molar-refractivity contribution in [2.45, 2.75) is 32.2 Å².